The minimum absolute atomic E-state index is 0.370. The van der Waals surface area contributed by atoms with Gasteiger partial charge in [-0.25, -0.2) is 15.4 Å². The molecule has 1 atom stereocenters. The first-order valence-corrected chi connectivity index (χ1v) is 12.6. The van der Waals surface area contributed by atoms with E-state index in [-0.39, 0.29) is 0 Å². The zero-order valence-electron chi connectivity index (χ0n) is 19.0. The maximum Gasteiger partial charge on any atom is 0.161 e. The average Bonchev–Trinajstić information content (AvgIpc) is 3.21. The van der Waals surface area contributed by atoms with E-state index in [0.29, 0.717) is 5.25 Å². The Morgan fingerprint density at radius 3 is 2.82 bits per heavy atom. The number of rotatable bonds is 8. The molecule has 0 fully saturated rings. The fourth-order valence-corrected chi connectivity index (χ4v) is 4.63. The normalized spacial score (nSPS) is 20.5. The number of halogens is 1. The predicted octanol–water partition coefficient (Wildman–Crippen LogP) is 4.73. The van der Waals surface area contributed by atoms with Gasteiger partial charge in [-0.3, -0.25) is 0 Å². The Morgan fingerprint density at radius 2 is 2.12 bits per heavy atom. The van der Waals surface area contributed by atoms with Crippen molar-refractivity contribution in [3.8, 4) is 0 Å². The van der Waals surface area contributed by atoms with Gasteiger partial charge in [-0.15, -0.1) is 0 Å². The summed E-state index contributed by atoms with van der Waals surface area (Å²) in [7, 11) is 4.04. The minimum atomic E-state index is 0.370. The molecule has 0 amide bonds. The van der Waals surface area contributed by atoms with E-state index in [0.717, 1.165) is 51.8 Å². The third kappa shape index (κ3) is 6.01. The van der Waals surface area contributed by atoms with Crippen LogP contribution in [0.4, 0.5) is 0 Å². The van der Waals surface area contributed by atoms with Gasteiger partial charge in [0.2, 0.25) is 0 Å². The monoisotopic (exact) mass is 524 g/mol. The third-order valence-corrected chi connectivity index (χ3v) is 6.82. The van der Waals surface area contributed by atoms with Gasteiger partial charge < -0.3 is 14.9 Å². The Bertz CT molecular complexity index is 1080. The second kappa shape index (κ2) is 11.0. The summed E-state index contributed by atoms with van der Waals surface area (Å²) in [6.07, 6.45) is 15.9. The van der Waals surface area contributed by atoms with Crippen molar-refractivity contribution in [2.24, 2.45) is 4.99 Å². The van der Waals surface area contributed by atoms with Crippen LogP contribution in [0.1, 0.15) is 18.9 Å². The minimum Gasteiger partial charge on any atom is -0.383 e. The molecule has 33 heavy (non-hydrogen) atoms. The molecule has 0 bridgehead atoms. The quantitative estimate of drug-likeness (QED) is 0.337. The van der Waals surface area contributed by atoms with Crippen molar-refractivity contribution in [1.82, 2.24) is 25.4 Å². The first-order valence-electron chi connectivity index (χ1n) is 10.9. The fourth-order valence-electron chi connectivity index (χ4n) is 3.41. The van der Waals surface area contributed by atoms with Crippen molar-refractivity contribution in [2.45, 2.75) is 18.6 Å². The van der Waals surface area contributed by atoms with Crippen molar-refractivity contribution < 1.29 is 0 Å². The van der Waals surface area contributed by atoms with Crippen LogP contribution in [-0.2, 0) is 0 Å². The summed E-state index contributed by atoms with van der Waals surface area (Å²) < 4.78 is 4.50. The van der Waals surface area contributed by atoms with Crippen molar-refractivity contribution in [2.75, 3.05) is 20.6 Å². The summed E-state index contributed by atoms with van der Waals surface area (Å²) >= 11 is 5.38. The van der Waals surface area contributed by atoms with Gasteiger partial charge in [-0.2, -0.15) is 0 Å². The Kier molecular flexibility index (Phi) is 7.80. The largest absolute Gasteiger partial charge is 0.383 e. The third-order valence-electron chi connectivity index (χ3n) is 5.18. The number of aliphatic imine (C=N–C) groups is 1. The first-order chi connectivity index (χ1) is 16.0. The van der Waals surface area contributed by atoms with Crippen LogP contribution in [0, 0.1) is 0 Å². The molecular weight excluding hydrogens is 496 g/mol. The number of hydrazine groups is 1. The molecule has 0 aromatic heterocycles. The van der Waals surface area contributed by atoms with E-state index < -0.39 is 0 Å². The van der Waals surface area contributed by atoms with Crippen LogP contribution in [0.25, 0.3) is 0 Å². The van der Waals surface area contributed by atoms with Crippen molar-refractivity contribution in [1.29, 1.82) is 0 Å². The SMILES string of the molecule is C/C=C(\C=C/N(C)C)NSC1C=CC(NC2=CC(c3ccccc3)=NC3=C(Br)CNN23)=CC1. The number of nitrogens with one attached hydrogen (secondary N) is 3. The second-order valence-electron chi connectivity index (χ2n) is 7.95. The lowest BCUT2D eigenvalue weighted by atomic mass is 10.1. The fraction of sp³-hybridized carbons (Fsp3) is 0.240. The maximum atomic E-state index is 4.86. The van der Waals surface area contributed by atoms with Gasteiger partial charge in [0, 0.05) is 48.6 Å². The highest BCUT2D eigenvalue weighted by molar-refractivity contribution is 9.11. The number of hydrogen-bond donors (Lipinski definition) is 3. The maximum absolute atomic E-state index is 4.86. The lowest BCUT2D eigenvalue weighted by molar-refractivity contribution is 0.331. The molecule has 3 N–H and O–H groups in total. The topological polar surface area (TPSA) is 54.9 Å². The highest BCUT2D eigenvalue weighted by Gasteiger charge is 2.28. The van der Waals surface area contributed by atoms with Crippen LogP contribution in [-0.4, -0.2) is 41.5 Å². The number of fused-ring (bicyclic) bond motifs is 1. The summed E-state index contributed by atoms with van der Waals surface area (Å²) in [6, 6.07) is 10.3. The molecular formula is C25H29BrN6S. The van der Waals surface area contributed by atoms with Crippen LogP contribution in [0.2, 0.25) is 0 Å². The Labute approximate surface area is 208 Å². The Hall–Kier alpha value is -2.68. The zero-order chi connectivity index (χ0) is 23.2. The van der Waals surface area contributed by atoms with Gasteiger partial charge in [0.15, 0.2) is 5.82 Å². The van der Waals surface area contributed by atoms with E-state index in [4.69, 9.17) is 4.99 Å². The lowest BCUT2D eigenvalue weighted by Crippen LogP contribution is -2.39. The van der Waals surface area contributed by atoms with Gasteiger partial charge in [-0.1, -0.05) is 64.5 Å². The van der Waals surface area contributed by atoms with E-state index in [1.807, 2.05) is 55.3 Å². The highest BCUT2D eigenvalue weighted by Crippen LogP contribution is 2.29. The van der Waals surface area contributed by atoms with Crippen LogP contribution in [0.5, 0.6) is 0 Å². The molecule has 172 valence electrons. The summed E-state index contributed by atoms with van der Waals surface area (Å²) in [5.74, 6) is 1.85. The molecule has 1 unspecified atom stereocenters. The predicted molar refractivity (Wildman–Crippen MR) is 143 cm³/mol. The van der Waals surface area contributed by atoms with E-state index in [2.05, 4.69) is 80.0 Å². The molecule has 1 aliphatic carbocycles. The van der Waals surface area contributed by atoms with Gasteiger partial charge >= 0.3 is 0 Å². The van der Waals surface area contributed by atoms with Gasteiger partial charge in [0.1, 0.15) is 5.82 Å². The second-order valence-corrected chi connectivity index (χ2v) is 9.96. The van der Waals surface area contributed by atoms with Gasteiger partial charge in [0.05, 0.1) is 16.7 Å². The number of benzene rings is 1. The van der Waals surface area contributed by atoms with Gasteiger partial charge in [-0.05, 0) is 37.4 Å². The Balaban J connectivity index is 1.41. The van der Waals surface area contributed by atoms with Crippen LogP contribution >= 0.6 is 27.9 Å². The smallest absolute Gasteiger partial charge is 0.161 e. The summed E-state index contributed by atoms with van der Waals surface area (Å²) in [5.41, 5.74) is 7.59. The molecule has 0 saturated carbocycles. The first kappa shape index (κ1) is 23.5. The Morgan fingerprint density at radius 1 is 1.30 bits per heavy atom. The van der Waals surface area contributed by atoms with Crippen LogP contribution in [0.3, 0.4) is 0 Å². The van der Waals surface area contributed by atoms with E-state index in [1.54, 1.807) is 11.9 Å². The summed E-state index contributed by atoms with van der Waals surface area (Å²) in [5, 5.41) is 5.96. The molecule has 1 aromatic rings. The van der Waals surface area contributed by atoms with Crippen LogP contribution in [0.15, 0.2) is 105 Å². The number of nitrogens with zero attached hydrogens (tertiary/aromatic N) is 3. The number of allylic oxidation sites excluding steroid dienone is 5. The molecule has 0 radical (unpaired) electrons. The van der Waals surface area contributed by atoms with E-state index in [1.165, 1.54) is 0 Å². The molecule has 0 saturated heterocycles. The van der Waals surface area contributed by atoms with E-state index in [9.17, 15) is 0 Å². The molecule has 4 rings (SSSR count). The molecule has 6 nitrogen and oxygen atoms in total. The van der Waals surface area contributed by atoms with E-state index >= 15 is 0 Å². The molecule has 2 aliphatic heterocycles. The zero-order valence-corrected chi connectivity index (χ0v) is 21.5. The molecule has 2 heterocycles. The van der Waals surface area contributed by atoms with Crippen molar-refractivity contribution >= 4 is 33.6 Å². The molecule has 0 spiro atoms. The molecule has 3 aliphatic rings. The van der Waals surface area contributed by atoms with Crippen LogP contribution < -0.4 is 15.5 Å². The lowest BCUT2D eigenvalue weighted by Gasteiger charge is -2.29. The van der Waals surface area contributed by atoms with Crippen molar-refractivity contribution in [3.63, 3.8) is 0 Å². The highest BCUT2D eigenvalue weighted by atomic mass is 79.9. The average molecular weight is 526 g/mol. The summed E-state index contributed by atoms with van der Waals surface area (Å²) in [6.45, 7) is 2.76. The number of hydrogen-bond acceptors (Lipinski definition) is 7. The van der Waals surface area contributed by atoms with Crippen molar-refractivity contribution in [3.05, 3.63) is 106 Å². The standard InChI is InChI=1S/C25H29BrN6S/c1-4-19(14-15-31(2)3)30-33-21-12-10-20(11-13-21)28-24-16-23(18-8-6-5-7-9-18)29-25-22(26)17-27-32(24)25/h4-12,14-16,21,27-28,30H,13,17H2,1-3H3/b15-14-,19-4+. The molecule has 1 aromatic carbocycles. The summed E-state index contributed by atoms with van der Waals surface area (Å²) in [4.78, 5) is 6.89. The van der Waals surface area contributed by atoms with Gasteiger partial charge in [0.25, 0.3) is 0 Å². The molecule has 8 heteroatoms.